The Kier molecular flexibility index (Phi) is 5.31. The smallest absolute Gasteiger partial charge is 0.223 e. The number of carbonyl (C=O) groups excluding carboxylic acids is 1. The molecule has 0 aromatic rings. The summed E-state index contributed by atoms with van der Waals surface area (Å²) in [6, 6.07) is 0. The van der Waals surface area contributed by atoms with E-state index in [1.807, 2.05) is 4.90 Å². The van der Waals surface area contributed by atoms with E-state index < -0.39 is 0 Å². The summed E-state index contributed by atoms with van der Waals surface area (Å²) >= 11 is 3.36. The second-order valence-corrected chi connectivity index (χ2v) is 6.66. The highest BCUT2D eigenvalue weighted by atomic mass is 79.9. The van der Waals surface area contributed by atoms with Gasteiger partial charge in [-0.25, -0.2) is 0 Å². The summed E-state index contributed by atoms with van der Waals surface area (Å²) < 4.78 is 0. The Morgan fingerprint density at radius 3 is 1.73 bits per heavy atom. The minimum absolute atomic E-state index is 0.109. The molecule has 0 aliphatic heterocycles. The third-order valence-corrected chi connectivity index (χ3v) is 2.68. The zero-order valence-electron chi connectivity index (χ0n) is 10.9. The molecular weight excluding hydrogens is 254 g/mol. The Labute approximate surface area is 103 Å². The Morgan fingerprint density at radius 2 is 1.47 bits per heavy atom. The maximum Gasteiger partial charge on any atom is 0.223 e. The van der Waals surface area contributed by atoms with Crippen molar-refractivity contribution in [3.8, 4) is 0 Å². The quantitative estimate of drug-likeness (QED) is 0.722. The zero-order chi connectivity index (χ0) is 12.3. The highest BCUT2D eigenvalue weighted by Gasteiger charge is 2.34. The predicted molar refractivity (Wildman–Crippen MR) is 69.4 cm³/mol. The van der Waals surface area contributed by atoms with Crippen LogP contribution in [0.2, 0.25) is 0 Å². The van der Waals surface area contributed by atoms with Crippen LogP contribution in [-0.2, 0) is 4.79 Å². The first-order valence-electron chi connectivity index (χ1n) is 5.50. The second-order valence-electron chi connectivity index (χ2n) is 5.86. The molecule has 0 heterocycles. The normalized spacial score (nSPS) is 12.7. The van der Waals surface area contributed by atoms with Crippen LogP contribution in [0.25, 0.3) is 0 Å². The van der Waals surface area contributed by atoms with Gasteiger partial charge in [0.05, 0.1) is 0 Å². The van der Waals surface area contributed by atoms with E-state index in [2.05, 4.69) is 57.5 Å². The standard InChI is InChI=1S/C12H24BrNO/c1-11(2,3)14(12(4,5)6)10(15)8-7-9-13/h7-9H2,1-6H3. The highest BCUT2D eigenvalue weighted by Crippen LogP contribution is 2.26. The fourth-order valence-corrected chi connectivity index (χ4v) is 2.36. The van der Waals surface area contributed by atoms with Gasteiger partial charge in [-0.3, -0.25) is 4.79 Å². The van der Waals surface area contributed by atoms with Crippen molar-refractivity contribution in [3.63, 3.8) is 0 Å². The molecule has 0 aromatic carbocycles. The Morgan fingerprint density at radius 1 is 1.07 bits per heavy atom. The lowest BCUT2D eigenvalue weighted by molar-refractivity contribution is -0.142. The fourth-order valence-electron chi connectivity index (χ4n) is 2.08. The SMILES string of the molecule is CC(C)(C)N(C(=O)CCCBr)C(C)(C)C. The van der Waals surface area contributed by atoms with E-state index in [4.69, 9.17) is 0 Å². The van der Waals surface area contributed by atoms with E-state index in [9.17, 15) is 4.79 Å². The molecule has 0 fully saturated rings. The maximum absolute atomic E-state index is 12.1. The average molecular weight is 278 g/mol. The number of hydrogen-bond acceptors (Lipinski definition) is 1. The number of alkyl halides is 1. The molecule has 0 saturated carbocycles. The predicted octanol–water partition coefficient (Wildman–Crippen LogP) is 3.59. The van der Waals surface area contributed by atoms with Crippen molar-refractivity contribution in [2.75, 3.05) is 5.33 Å². The van der Waals surface area contributed by atoms with Crippen molar-refractivity contribution in [2.45, 2.75) is 65.5 Å². The van der Waals surface area contributed by atoms with Crippen LogP contribution in [0.4, 0.5) is 0 Å². The van der Waals surface area contributed by atoms with Gasteiger partial charge in [0.1, 0.15) is 0 Å². The summed E-state index contributed by atoms with van der Waals surface area (Å²) in [6.07, 6.45) is 1.53. The second kappa shape index (κ2) is 5.33. The molecule has 0 spiro atoms. The van der Waals surface area contributed by atoms with Crippen LogP contribution in [0.1, 0.15) is 54.4 Å². The zero-order valence-corrected chi connectivity index (χ0v) is 12.4. The van der Waals surface area contributed by atoms with Crippen LogP contribution < -0.4 is 0 Å². The molecule has 0 atom stereocenters. The molecule has 0 aliphatic carbocycles. The maximum atomic E-state index is 12.1. The summed E-state index contributed by atoms with van der Waals surface area (Å²) in [5.74, 6) is 0.245. The molecule has 3 heteroatoms. The molecule has 0 unspecified atom stereocenters. The molecule has 0 bridgehead atoms. The van der Waals surface area contributed by atoms with Crippen LogP contribution in [0.3, 0.4) is 0 Å². The van der Waals surface area contributed by atoms with Crippen molar-refractivity contribution in [1.29, 1.82) is 0 Å². The van der Waals surface area contributed by atoms with Crippen LogP contribution in [0.15, 0.2) is 0 Å². The number of rotatable bonds is 3. The Hall–Kier alpha value is -0.0500. The molecular formula is C12H24BrNO. The van der Waals surface area contributed by atoms with Crippen molar-refractivity contribution < 1.29 is 4.79 Å². The number of amides is 1. The molecule has 1 amide bonds. The third-order valence-electron chi connectivity index (χ3n) is 2.12. The molecule has 15 heavy (non-hydrogen) atoms. The summed E-state index contributed by atoms with van der Waals surface area (Å²) in [6.45, 7) is 12.5. The lowest BCUT2D eigenvalue weighted by atomic mass is 9.95. The molecule has 0 rings (SSSR count). The summed E-state index contributed by atoms with van der Waals surface area (Å²) in [4.78, 5) is 14.1. The van der Waals surface area contributed by atoms with Crippen molar-refractivity contribution in [1.82, 2.24) is 4.90 Å². The van der Waals surface area contributed by atoms with Gasteiger partial charge in [-0.05, 0) is 48.0 Å². The first kappa shape index (κ1) is 14.9. The van der Waals surface area contributed by atoms with Crippen LogP contribution >= 0.6 is 15.9 Å². The molecule has 0 radical (unpaired) electrons. The average Bonchev–Trinajstić information content (AvgIpc) is 1.94. The fraction of sp³-hybridized carbons (Fsp3) is 0.917. The van der Waals surface area contributed by atoms with Gasteiger partial charge in [0, 0.05) is 22.8 Å². The lowest BCUT2D eigenvalue weighted by Gasteiger charge is -2.45. The van der Waals surface area contributed by atoms with E-state index in [1.54, 1.807) is 0 Å². The summed E-state index contributed by atoms with van der Waals surface area (Å²) in [7, 11) is 0. The number of nitrogens with zero attached hydrogens (tertiary/aromatic N) is 1. The van der Waals surface area contributed by atoms with Gasteiger partial charge < -0.3 is 4.90 Å². The monoisotopic (exact) mass is 277 g/mol. The summed E-state index contributed by atoms with van der Waals surface area (Å²) in [5.41, 5.74) is -0.219. The molecule has 0 aliphatic rings. The lowest BCUT2D eigenvalue weighted by Crippen LogP contribution is -2.55. The van der Waals surface area contributed by atoms with E-state index >= 15 is 0 Å². The Bertz CT molecular complexity index is 199. The molecule has 0 saturated heterocycles. The first-order chi connectivity index (χ1) is 6.60. The molecule has 0 aromatic heterocycles. The highest BCUT2D eigenvalue weighted by molar-refractivity contribution is 9.09. The minimum Gasteiger partial charge on any atom is -0.333 e. The van der Waals surface area contributed by atoms with Gasteiger partial charge in [0.25, 0.3) is 0 Å². The van der Waals surface area contributed by atoms with Crippen molar-refractivity contribution >= 4 is 21.8 Å². The van der Waals surface area contributed by atoms with Gasteiger partial charge in [-0.15, -0.1) is 0 Å². The largest absolute Gasteiger partial charge is 0.333 e. The van der Waals surface area contributed by atoms with Crippen LogP contribution in [0, 0.1) is 0 Å². The number of carbonyl (C=O) groups is 1. The molecule has 0 N–H and O–H groups in total. The Balaban J connectivity index is 4.74. The molecule has 90 valence electrons. The van der Waals surface area contributed by atoms with E-state index in [1.165, 1.54) is 0 Å². The topological polar surface area (TPSA) is 20.3 Å². The van der Waals surface area contributed by atoms with E-state index in [-0.39, 0.29) is 17.0 Å². The van der Waals surface area contributed by atoms with Crippen molar-refractivity contribution in [3.05, 3.63) is 0 Å². The minimum atomic E-state index is -0.109. The number of hydrogen-bond donors (Lipinski definition) is 0. The van der Waals surface area contributed by atoms with Gasteiger partial charge >= 0.3 is 0 Å². The van der Waals surface area contributed by atoms with Crippen molar-refractivity contribution in [2.24, 2.45) is 0 Å². The van der Waals surface area contributed by atoms with Crippen LogP contribution in [0.5, 0.6) is 0 Å². The summed E-state index contributed by atoms with van der Waals surface area (Å²) in [5, 5.41) is 0.890. The third kappa shape index (κ3) is 5.01. The first-order valence-corrected chi connectivity index (χ1v) is 6.62. The van der Waals surface area contributed by atoms with Gasteiger partial charge in [0.2, 0.25) is 5.91 Å². The van der Waals surface area contributed by atoms with Gasteiger partial charge in [-0.2, -0.15) is 0 Å². The van der Waals surface area contributed by atoms with E-state index in [0.29, 0.717) is 6.42 Å². The van der Waals surface area contributed by atoms with Crippen LogP contribution in [-0.4, -0.2) is 27.2 Å². The van der Waals surface area contributed by atoms with Gasteiger partial charge in [-0.1, -0.05) is 15.9 Å². The van der Waals surface area contributed by atoms with E-state index in [0.717, 1.165) is 11.8 Å². The number of halogens is 1. The molecule has 2 nitrogen and oxygen atoms in total. The van der Waals surface area contributed by atoms with Gasteiger partial charge in [0.15, 0.2) is 0 Å².